The van der Waals surface area contributed by atoms with E-state index in [2.05, 4.69) is 10.3 Å². The summed E-state index contributed by atoms with van der Waals surface area (Å²) < 4.78 is 11.3. The van der Waals surface area contributed by atoms with E-state index >= 15 is 0 Å². The molecule has 0 unspecified atom stereocenters. The summed E-state index contributed by atoms with van der Waals surface area (Å²) in [4.78, 5) is 32.5. The zero-order valence-electron chi connectivity index (χ0n) is 19.3. The molecule has 5 rings (SSSR count). The molecule has 1 aliphatic carbocycles. The Hall–Kier alpha value is -2.74. The van der Waals surface area contributed by atoms with Crippen LogP contribution >= 0.6 is 0 Å². The van der Waals surface area contributed by atoms with Crippen molar-refractivity contribution in [3.8, 4) is 11.5 Å². The maximum absolute atomic E-state index is 13.2. The first-order chi connectivity index (χ1) is 16.2. The zero-order valence-corrected chi connectivity index (χ0v) is 19.3. The van der Waals surface area contributed by atoms with Gasteiger partial charge in [0.05, 0.1) is 38.2 Å². The number of hydrogen-bond donors (Lipinski definition) is 3. The normalized spacial score (nSPS) is 19.0. The van der Waals surface area contributed by atoms with Gasteiger partial charge in [0.1, 0.15) is 13.2 Å². The van der Waals surface area contributed by atoms with Crippen LogP contribution in [0.25, 0.3) is 10.9 Å². The number of quaternary nitrogens is 1. The summed E-state index contributed by atoms with van der Waals surface area (Å²) in [7, 11) is 0. The van der Waals surface area contributed by atoms with Crippen LogP contribution in [0, 0.1) is 0 Å². The van der Waals surface area contributed by atoms with Gasteiger partial charge in [0.2, 0.25) is 0 Å². The molecule has 1 aromatic heterocycles. The first-order valence-corrected chi connectivity index (χ1v) is 12.5. The van der Waals surface area contributed by atoms with Crippen molar-refractivity contribution >= 4 is 16.9 Å². The quantitative estimate of drug-likeness (QED) is 0.620. The Morgan fingerprint density at radius 3 is 2.52 bits per heavy atom. The molecule has 33 heavy (non-hydrogen) atoms. The van der Waals surface area contributed by atoms with Crippen molar-refractivity contribution < 1.29 is 19.2 Å². The molecule has 0 radical (unpaired) electrons. The lowest BCUT2D eigenvalue weighted by molar-refractivity contribution is -0.886. The second-order valence-electron chi connectivity index (χ2n) is 9.62. The largest absolute Gasteiger partial charge is 0.486 e. The molecule has 2 amide bonds. The van der Waals surface area contributed by atoms with Crippen LogP contribution in [0.1, 0.15) is 50.5 Å². The van der Waals surface area contributed by atoms with Crippen molar-refractivity contribution in [1.82, 2.24) is 15.2 Å². The summed E-state index contributed by atoms with van der Waals surface area (Å²) in [5.41, 5.74) is 1.14. The fourth-order valence-corrected chi connectivity index (χ4v) is 5.29. The Morgan fingerprint density at radius 2 is 1.76 bits per heavy atom. The molecule has 0 spiro atoms. The molecule has 2 fully saturated rings. The Labute approximate surface area is 194 Å². The molecule has 1 saturated carbocycles. The summed E-state index contributed by atoms with van der Waals surface area (Å²) in [5.74, 6) is 1.34. The third-order valence-electron chi connectivity index (χ3n) is 7.21. The van der Waals surface area contributed by atoms with E-state index in [-0.39, 0.29) is 17.6 Å². The summed E-state index contributed by atoms with van der Waals surface area (Å²) in [6, 6.07) is 5.80. The minimum absolute atomic E-state index is 0.0535. The number of aromatic nitrogens is 1. The number of nitrogens with one attached hydrogen (secondary N) is 3. The number of carbonyl (C=O) groups excluding carboxylic acids is 1. The van der Waals surface area contributed by atoms with Gasteiger partial charge in [0, 0.05) is 35.9 Å². The van der Waals surface area contributed by atoms with Gasteiger partial charge in [0.25, 0.3) is 5.56 Å². The van der Waals surface area contributed by atoms with Gasteiger partial charge in [-0.15, -0.1) is 0 Å². The number of urea groups is 1. The summed E-state index contributed by atoms with van der Waals surface area (Å²) >= 11 is 0. The van der Waals surface area contributed by atoms with Crippen LogP contribution in [0.2, 0.25) is 0 Å². The van der Waals surface area contributed by atoms with Gasteiger partial charge >= 0.3 is 6.03 Å². The summed E-state index contributed by atoms with van der Waals surface area (Å²) in [6.07, 6.45) is 8.18. The van der Waals surface area contributed by atoms with Crippen LogP contribution in [0.5, 0.6) is 11.5 Å². The predicted molar refractivity (Wildman–Crippen MR) is 126 cm³/mol. The minimum Gasteiger partial charge on any atom is -0.486 e. The van der Waals surface area contributed by atoms with Gasteiger partial charge in [-0.1, -0.05) is 19.3 Å². The zero-order chi connectivity index (χ0) is 22.6. The van der Waals surface area contributed by atoms with E-state index in [1.807, 2.05) is 23.1 Å². The second kappa shape index (κ2) is 10.0. The Bertz CT molecular complexity index is 1040. The fourth-order valence-electron chi connectivity index (χ4n) is 5.29. The maximum Gasteiger partial charge on any atom is 0.318 e. The smallest absolute Gasteiger partial charge is 0.318 e. The monoisotopic (exact) mass is 455 g/mol. The average molecular weight is 456 g/mol. The van der Waals surface area contributed by atoms with E-state index in [1.54, 1.807) is 4.90 Å². The van der Waals surface area contributed by atoms with Crippen molar-refractivity contribution in [3.05, 3.63) is 34.1 Å². The van der Waals surface area contributed by atoms with Crippen molar-refractivity contribution in [2.45, 2.75) is 57.5 Å². The van der Waals surface area contributed by atoms with E-state index < -0.39 is 0 Å². The number of ether oxygens (including phenoxy) is 2. The Kier molecular flexibility index (Phi) is 6.71. The Balaban J connectivity index is 1.36. The number of nitrogens with zero attached hydrogens (tertiary/aromatic N) is 1. The topological polar surface area (TPSA) is 88.1 Å². The second-order valence-corrected chi connectivity index (χ2v) is 9.62. The molecular formula is C25H35N4O4+. The van der Waals surface area contributed by atoms with Crippen molar-refractivity contribution in [2.24, 2.45) is 0 Å². The maximum atomic E-state index is 13.2. The molecule has 1 aromatic carbocycles. The van der Waals surface area contributed by atoms with Crippen molar-refractivity contribution in [3.63, 3.8) is 0 Å². The van der Waals surface area contributed by atoms with Crippen LogP contribution in [0.3, 0.4) is 0 Å². The average Bonchev–Trinajstić information content (AvgIpc) is 3.35. The van der Waals surface area contributed by atoms with Gasteiger partial charge in [-0.05, 0) is 25.0 Å². The molecule has 2 aliphatic heterocycles. The highest BCUT2D eigenvalue weighted by Crippen LogP contribution is 2.33. The van der Waals surface area contributed by atoms with E-state index in [4.69, 9.17) is 9.47 Å². The van der Waals surface area contributed by atoms with E-state index in [9.17, 15) is 9.59 Å². The molecule has 8 nitrogen and oxygen atoms in total. The molecule has 1 saturated heterocycles. The van der Waals surface area contributed by atoms with Gasteiger partial charge < -0.3 is 29.6 Å². The molecule has 0 bridgehead atoms. The van der Waals surface area contributed by atoms with Crippen LogP contribution in [-0.4, -0.2) is 61.3 Å². The van der Waals surface area contributed by atoms with E-state index in [0.29, 0.717) is 48.9 Å². The molecule has 3 N–H and O–H groups in total. The molecular weight excluding hydrogens is 420 g/mol. The highest BCUT2D eigenvalue weighted by Gasteiger charge is 2.24. The molecule has 3 aliphatic rings. The lowest BCUT2D eigenvalue weighted by atomic mass is 9.96. The number of amides is 2. The minimum atomic E-state index is -0.164. The lowest BCUT2D eigenvalue weighted by Crippen LogP contribution is -3.10. The van der Waals surface area contributed by atoms with Gasteiger partial charge in [-0.2, -0.15) is 0 Å². The highest BCUT2D eigenvalue weighted by atomic mass is 16.6. The third-order valence-corrected chi connectivity index (χ3v) is 7.21. The van der Waals surface area contributed by atoms with Gasteiger partial charge in [-0.3, -0.25) is 4.79 Å². The molecule has 3 heterocycles. The molecule has 8 heteroatoms. The SMILES string of the molecule is O=C(NC1CCCCC1)N(CC[NH+]1CCCC1)Cc1cc2cc3c(cc2[nH]c1=O)OCCO3. The number of hydrogen-bond acceptors (Lipinski definition) is 4. The first-order valence-electron chi connectivity index (χ1n) is 12.5. The number of H-pyrrole nitrogens is 1. The highest BCUT2D eigenvalue weighted by molar-refractivity contribution is 5.83. The van der Waals surface area contributed by atoms with Crippen LogP contribution in [0.15, 0.2) is 23.0 Å². The molecule has 178 valence electrons. The lowest BCUT2D eigenvalue weighted by Gasteiger charge is -2.29. The number of rotatable bonds is 6. The van der Waals surface area contributed by atoms with Gasteiger partial charge in [0.15, 0.2) is 11.5 Å². The van der Waals surface area contributed by atoms with Crippen LogP contribution in [0.4, 0.5) is 4.79 Å². The summed E-state index contributed by atoms with van der Waals surface area (Å²) in [6.45, 7) is 5.22. The van der Waals surface area contributed by atoms with Gasteiger partial charge in [-0.25, -0.2) is 4.79 Å². The molecule has 2 aromatic rings. The number of fused-ring (bicyclic) bond motifs is 2. The predicted octanol–water partition coefficient (Wildman–Crippen LogP) is 1.82. The standard InChI is InChI=1S/C25H34N4O4/c30-24-19(14-18-15-22-23(16-21(18)27-24)33-13-12-32-22)17-29(11-10-28-8-4-5-9-28)25(31)26-20-6-2-1-3-7-20/h14-16,20H,1-13,17H2,(H,26,31)(H,27,30)/p+1. The van der Waals surface area contributed by atoms with E-state index in [0.717, 1.165) is 24.8 Å². The number of likely N-dealkylation sites (tertiary alicyclic amines) is 1. The number of pyridine rings is 1. The van der Waals surface area contributed by atoms with Crippen molar-refractivity contribution in [2.75, 3.05) is 39.4 Å². The van der Waals surface area contributed by atoms with Crippen molar-refractivity contribution in [1.29, 1.82) is 0 Å². The number of benzene rings is 1. The van der Waals surface area contributed by atoms with Crippen LogP contribution in [-0.2, 0) is 6.54 Å². The van der Waals surface area contributed by atoms with E-state index in [1.165, 1.54) is 45.2 Å². The number of aromatic amines is 1. The molecule has 0 atom stereocenters. The third kappa shape index (κ3) is 5.27. The fraction of sp³-hybridized carbons (Fsp3) is 0.600. The first kappa shape index (κ1) is 22.1. The summed E-state index contributed by atoms with van der Waals surface area (Å²) in [5, 5.41) is 4.12. The van der Waals surface area contributed by atoms with Crippen LogP contribution < -0.4 is 25.2 Å². The Morgan fingerprint density at radius 1 is 1.03 bits per heavy atom. The number of carbonyl (C=O) groups is 1.